The molecule has 6 heteroatoms. The van der Waals surface area contributed by atoms with Crippen LogP contribution < -0.4 is 10.5 Å². The molecule has 0 radical (unpaired) electrons. The molecule has 4 rings (SSSR count). The van der Waals surface area contributed by atoms with Gasteiger partial charge < -0.3 is 15.1 Å². The van der Waals surface area contributed by atoms with Gasteiger partial charge in [-0.15, -0.1) is 0 Å². The number of fused-ring (bicyclic) bond motifs is 1. The Balaban J connectivity index is 1.69. The molecule has 1 aliphatic carbocycles. The number of nitrogens with zero attached hydrogens (tertiary/aromatic N) is 2. The maximum Gasteiger partial charge on any atom is 0.270 e. The van der Waals surface area contributed by atoms with E-state index >= 15 is 0 Å². The topological polar surface area (TPSA) is 81.5 Å². The third-order valence-corrected chi connectivity index (χ3v) is 7.02. The maximum atomic E-state index is 12.5. The lowest BCUT2D eigenvalue weighted by Gasteiger charge is -2.45. The number of hydrogen-bond acceptors (Lipinski definition) is 4. The maximum absolute atomic E-state index is 12.5. The van der Waals surface area contributed by atoms with Crippen molar-refractivity contribution in [2.75, 3.05) is 11.4 Å². The van der Waals surface area contributed by atoms with E-state index in [2.05, 4.69) is 55.0 Å². The smallest absolute Gasteiger partial charge is 0.270 e. The van der Waals surface area contributed by atoms with E-state index in [1.807, 2.05) is 13.0 Å². The monoisotopic (exact) mass is 411 g/mol. The van der Waals surface area contributed by atoms with Crippen molar-refractivity contribution >= 4 is 5.69 Å². The highest BCUT2D eigenvalue weighted by Gasteiger charge is 2.52. The molecule has 162 valence electrons. The van der Waals surface area contributed by atoms with E-state index in [4.69, 9.17) is 0 Å². The van der Waals surface area contributed by atoms with Gasteiger partial charge in [-0.1, -0.05) is 51.5 Å². The summed E-state index contributed by atoms with van der Waals surface area (Å²) in [6.07, 6.45) is 2.63. The van der Waals surface area contributed by atoms with E-state index < -0.39 is 24.0 Å². The normalized spacial score (nSPS) is 28.6. The molecular weight excluding hydrogens is 378 g/mol. The molecular formula is C24H33N3O3. The van der Waals surface area contributed by atoms with Crippen molar-refractivity contribution in [1.82, 2.24) is 9.78 Å². The van der Waals surface area contributed by atoms with Crippen molar-refractivity contribution in [3.63, 3.8) is 0 Å². The number of allylic oxidation sites excluding steroid dienone is 1. The van der Waals surface area contributed by atoms with Gasteiger partial charge in [0.15, 0.2) is 0 Å². The Morgan fingerprint density at radius 3 is 2.47 bits per heavy atom. The van der Waals surface area contributed by atoms with Crippen LogP contribution >= 0.6 is 0 Å². The molecule has 1 aromatic heterocycles. The van der Waals surface area contributed by atoms with Crippen LogP contribution in [0.4, 0.5) is 5.69 Å². The zero-order valence-corrected chi connectivity index (χ0v) is 18.5. The number of aromatic amines is 1. The van der Waals surface area contributed by atoms with Crippen LogP contribution in [0.3, 0.4) is 0 Å². The molecule has 0 saturated heterocycles. The summed E-state index contributed by atoms with van der Waals surface area (Å²) in [4.78, 5) is 14.8. The molecule has 1 fully saturated rings. The number of rotatable bonds is 5. The van der Waals surface area contributed by atoms with Gasteiger partial charge in [0, 0.05) is 53.5 Å². The minimum atomic E-state index is -0.790. The predicted octanol–water partition coefficient (Wildman–Crippen LogP) is 2.94. The summed E-state index contributed by atoms with van der Waals surface area (Å²) in [7, 11) is 1.65. The Morgan fingerprint density at radius 1 is 1.20 bits per heavy atom. The quantitative estimate of drug-likeness (QED) is 0.707. The molecule has 2 aliphatic rings. The van der Waals surface area contributed by atoms with Gasteiger partial charge in [-0.3, -0.25) is 14.6 Å². The van der Waals surface area contributed by atoms with Crippen LogP contribution in [0.5, 0.6) is 0 Å². The molecule has 1 aromatic carbocycles. The Labute approximate surface area is 177 Å². The fourth-order valence-electron chi connectivity index (χ4n) is 5.25. The average molecular weight is 412 g/mol. The second-order valence-electron chi connectivity index (χ2n) is 9.30. The molecule has 1 aliphatic heterocycles. The molecule has 30 heavy (non-hydrogen) atoms. The van der Waals surface area contributed by atoms with Gasteiger partial charge in [0.05, 0.1) is 12.2 Å². The zero-order valence-electron chi connectivity index (χ0n) is 18.5. The van der Waals surface area contributed by atoms with E-state index in [9.17, 15) is 15.0 Å². The number of aryl methyl sites for hydroxylation is 2. The van der Waals surface area contributed by atoms with E-state index in [0.717, 1.165) is 25.1 Å². The molecule has 2 heterocycles. The van der Waals surface area contributed by atoms with Crippen LogP contribution in [0.25, 0.3) is 0 Å². The minimum absolute atomic E-state index is 0.181. The number of unbranched alkanes of at least 4 members (excludes halogenated alkanes) is 1. The van der Waals surface area contributed by atoms with Crippen molar-refractivity contribution in [2.45, 2.75) is 64.1 Å². The number of para-hydroxylation sites is 1. The van der Waals surface area contributed by atoms with Gasteiger partial charge in [-0.25, -0.2) is 0 Å². The third-order valence-electron chi connectivity index (χ3n) is 7.02. The van der Waals surface area contributed by atoms with Crippen LogP contribution in [0.1, 0.15) is 56.4 Å². The number of aliphatic hydroxyl groups is 2. The SMILES string of the molecule is CCCCN1C(=CC2C(O)C(c3c(C)[nH]n(C)c3=O)C2O)C(C)(C)c2ccccc21. The predicted molar refractivity (Wildman–Crippen MR) is 119 cm³/mol. The fraction of sp³-hybridized carbons (Fsp3) is 0.542. The molecule has 0 spiro atoms. The first kappa shape index (κ1) is 20.9. The van der Waals surface area contributed by atoms with Crippen molar-refractivity contribution in [1.29, 1.82) is 0 Å². The second kappa shape index (κ2) is 7.43. The van der Waals surface area contributed by atoms with Crippen molar-refractivity contribution in [3.8, 4) is 0 Å². The molecule has 2 atom stereocenters. The van der Waals surface area contributed by atoms with Gasteiger partial charge >= 0.3 is 0 Å². The largest absolute Gasteiger partial charge is 0.392 e. The van der Waals surface area contributed by atoms with Gasteiger partial charge in [0.1, 0.15) is 0 Å². The minimum Gasteiger partial charge on any atom is -0.392 e. The lowest BCUT2D eigenvalue weighted by molar-refractivity contribution is -0.0952. The van der Waals surface area contributed by atoms with E-state index in [1.54, 1.807) is 7.05 Å². The molecule has 0 bridgehead atoms. The van der Waals surface area contributed by atoms with E-state index in [1.165, 1.54) is 15.9 Å². The van der Waals surface area contributed by atoms with Crippen LogP contribution in [0, 0.1) is 12.8 Å². The van der Waals surface area contributed by atoms with Crippen LogP contribution in [-0.2, 0) is 12.5 Å². The number of hydrogen-bond donors (Lipinski definition) is 3. The highest BCUT2D eigenvalue weighted by molar-refractivity contribution is 5.70. The van der Waals surface area contributed by atoms with E-state index in [0.29, 0.717) is 11.3 Å². The summed E-state index contributed by atoms with van der Waals surface area (Å²) in [5.41, 5.74) is 4.39. The molecule has 0 amide bonds. The first-order chi connectivity index (χ1) is 14.2. The van der Waals surface area contributed by atoms with Crippen LogP contribution in [0.15, 0.2) is 40.8 Å². The zero-order chi connectivity index (χ0) is 21.8. The van der Waals surface area contributed by atoms with Crippen LogP contribution in [-0.4, -0.2) is 38.7 Å². The first-order valence-electron chi connectivity index (χ1n) is 10.9. The standard InChI is InChI=1S/C24H33N3O3/c1-6-7-12-27-17-11-9-8-10-16(17)24(3,4)18(27)13-15-21(28)20(22(15)29)19-14(2)25-26(5)23(19)30/h8-11,13,15,20-22,25,28-29H,6-7,12H2,1-5H3. The second-order valence-corrected chi connectivity index (χ2v) is 9.30. The van der Waals surface area contributed by atoms with Gasteiger partial charge in [0.2, 0.25) is 0 Å². The Kier molecular flexibility index (Phi) is 5.19. The molecule has 2 aromatic rings. The summed E-state index contributed by atoms with van der Waals surface area (Å²) in [5, 5.41) is 24.9. The van der Waals surface area contributed by atoms with Crippen molar-refractivity contribution in [3.05, 3.63) is 63.2 Å². The molecule has 2 unspecified atom stereocenters. The van der Waals surface area contributed by atoms with Gasteiger partial charge in [-0.2, -0.15) is 0 Å². The highest BCUT2D eigenvalue weighted by Crippen LogP contribution is 2.50. The van der Waals surface area contributed by atoms with Crippen molar-refractivity contribution in [2.24, 2.45) is 13.0 Å². The number of nitrogens with one attached hydrogen (secondary N) is 1. The summed E-state index contributed by atoms with van der Waals surface area (Å²) >= 11 is 0. The Bertz CT molecular complexity index is 1020. The lowest BCUT2D eigenvalue weighted by Crippen LogP contribution is -2.54. The number of anilines is 1. The van der Waals surface area contributed by atoms with Crippen LogP contribution in [0.2, 0.25) is 0 Å². The van der Waals surface area contributed by atoms with Gasteiger partial charge in [0.25, 0.3) is 5.56 Å². The van der Waals surface area contributed by atoms with Gasteiger partial charge in [-0.05, 0) is 25.0 Å². The Hall–Kier alpha value is -2.31. The number of H-pyrrole nitrogens is 1. The average Bonchev–Trinajstić information content (AvgIpc) is 3.08. The fourth-order valence-corrected chi connectivity index (χ4v) is 5.25. The molecule has 6 nitrogen and oxygen atoms in total. The molecule has 1 saturated carbocycles. The van der Waals surface area contributed by atoms with Crippen molar-refractivity contribution < 1.29 is 10.2 Å². The number of aliphatic hydroxyl groups excluding tert-OH is 2. The Morgan fingerprint density at radius 2 is 1.87 bits per heavy atom. The third kappa shape index (κ3) is 2.96. The number of aromatic nitrogens is 2. The summed E-state index contributed by atoms with van der Waals surface area (Å²) in [5.74, 6) is -0.963. The summed E-state index contributed by atoms with van der Waals surface area (Å²) in [6, 6.07) is 8.44. The number of benzene rings is 1. The summed E-state index contributed by atoms with van der Waals surface area (Å²) < 4.78 is 1.40. The first-order valence-corrected chi connectivity index (χ1v) is 10.9. The molecule has 3 N–H and O–H groups in total. The van der Waals surface area contributed by atoms with E-state index in [-0.39, 0.29) is 11.0 Å². The summed E-state index contributed by atoms with van der Waals surface area (Å²) in [6.45, 7) is 9.29. The highest BCUT2D eigenvalue weighted by atomic mass is 16.3. The lowest BCUT2D eigenvalue weighted by atomic mass is 9.65.